The Morgan fingerprint density at radius 1 is 1.35 bits per heavy atom. The van der Waals surface area contributed by atoms with Gasteiger partial charge in [0.05, 0.1) is 0 Å². The molecule has 1 aromatic carbocycles. The summed E-state index contributed by atoms with van der Waals surface area (Å²) >= 11 is 5.83. The van der Waals surface area contributed by atoms with E-state index in [2.05, 4.69) is 15.2 Å². The zero-order valence-corrected chi connectivity index (χ0v) is 10.7. The number of hydrogen-bond donors (Lipinski definition) is 1. The molecule has 0 aliphatic rings. The lowest BCUT2D eigenvalue weighted by Gasteiger charge is -1.97. The van der Waals surface area contributed by atoms with Crippen LogP contribution < -0.4 is 0 Å². The van der Waals surface area contributed by atoms with Crippen LogP contribution in [0.25, 0.3) is 0 Å². The van der Waals surface area contributed by atoms with E-state index in [1.165, 1.54) is 0 Å². The monoisotopic (exact) mass is 291 g/mol. The third kappa shape index (κ3) is 3.18. The molecule has 8 heteroatoms. The molecular weight excluding hydrogens is 285 g/mol. The van der Waals surface area contributed by atoms with Crippen LogP contribution in [0.1, 0.15) is 11.4 Å². The standard InChI is InChI=1S/C9H7Cl2N3O2S/c10-7-3-1-2-6(4-7)5-8-12-9(14-13-8)17(11,15)16/h1-4H,5H2,(H,12,13,14). The van der Waals surface area contributed by atoms with Crippen molar-refractivity contribution in [3.05, 3.63) is 40.7 Å². The molecule has 0 aliphatic heterocycles. The highest BCUT2D eigenvalue weighted by molar-refractivity contribution is 8.13. The van der Waals surface area contributed by atoms with Crippen LogP contribution in [0, 0.1) is 0 Å². The van der Waals surface area contributed by atoms with Gasteiger partial charge in [-0.2, -0.15) is 0 Å². The summed E-state index contributed by atoms with van der Waals surface area (Å²) in [6.07, 6.45) is 0.403. The number of rotatable bonds is 3. The van der Waals surface area contributed by atoms with Gasteiger partial charge in [-0.05, 0) is 17.7 Å². The SMILES string of the molecule is O=S(=O)(Cl)c1n[nH]c(Cc2cccc(Cl)c2)n1. The number of H-pyrrole nitrogens is 1. The predicted molar refractivity (Wildman–Crippen MR) is 63.7 cm³/mol. The van der Waals surface area contributed by atoms with E-state index >= 15 is 0 Å². The summed E-state index contributed by atoms with van der Waals surface area (Å²) in [5.74, 6) is 0.409. The molecule has 2 rings (SSSR count). The molecular formula is C9H7Cl2N3O2S. The molecule has 0 saturated heterocycles. The fraction of sp³-hybridized carbons (Fsp3) is 0.111. The number of aromatic nitrogens is 3. The first-order chi connectivity index (χ1) is 7.95. The maximum atomic E-state index is 11.0. The van der Waals surface area contributed by atoms with Crippen LogP contribution in [0.3, 0.4) is 0 Å². The lowest BCUT2D eigenvalue weighted by atomic mass is 10.1. The van der Waals surface area contributed by atoms with Gasteiger partial charge in [-0.15, -0.1) is 5.10 Å². The first kappa shape index (κ1) is 12.3. The molecule has 0 atom stereocenters. The van der Waals surface area contributed by atoms with Crippen molar-refractivity contribution in [2.24, 2.45) is 0 Å². The van der Waals surface area contributed by atoms with Crippen LogP contribution in [0.15, 0.2) is 29.4 Å². The summed E-state index contributed by atoms with van der Waals surface area (Å²) in [6.45, 7) is 0. The minimum absolute atomic E-state index is 0.403. The molecule has 1 N–H and O–H groups in total. The third-order valence-electron chi connectivity index (χ3n) is 1.99. The molecule has 1 aromatic heterocycles. The number of nitrogens with one attached hydrogen (secondary N) is 1. The van der Waals surface area contributed by atoms with Gasteiger partial charge in [0, 0.05) is 22.1 Å². The zero-order valence-electron chi connectivity index (χ0n) is 8.39. The van der Waals surface area contributed by atoms with Crippen LogP contribution in [0.5, 0.6) is 0 Å². The molecule has 17 heavy (non-hydrogen) atoms. The Labute approximate surface area is 107 Å². The molecule has 1 heterocycles. The maximum absolute atomic E-state index is 11.0. The Kier molecular flexibility index (Phi) is 3.37. The fourth-order valence-electron chi connectivity index (χ4n) is 1.31. The Balaban J connectivity index is 2.23. The lowest BCUT2D eigenvalue weighted by molar-refractivity contribution is 0.602. The van der Waals surface area contributed by atoms with Crippen molar-refractivity contribution in [3.63, 3.8) is 0 Å². The Morgan fingerprint density at radius 2 is 2.12 bits per heavy atom. The highest BCUT2D eigenvalue weighted by atomic mass is 35.7. The largest absolute Gasteiger partial charge is 0.298 e. The minimum Gasteiger partial charge on any atom is -0.262 e. The maximum Gasteiger partial charge on any atom is 0.298 e. The van der Waals surface area contributed by atoms with Crippen LogP contribution in [0.4, 0.5) is 0 Å². The average molecular weight is 292 g/mol. The van der Waals surface area contributed by atoms with E-state index in [0.717, 1.165) is 5.56 Å². The Bertz CT molecular complexity index is 639. The molecule has 5 nitrogen and oxygen atoms in total. The summed E-state index contributed by atoms with van der Waals surface area (Å²) in [7, 11) is 1.22. The molecule has 0 bridgehead atoms. The molecule has 2 aromatic rings. The van der Waals surface area contributed by atoms with E-state index in [4.69, 9.17) is 22.3 Å². The van der Waals surface area contributed by atoms with Gasteiger partial charge in [0.15, 0.2) is 0 Å². The quantitative estimate of drug-likeness (QED) is 0.878. The number of aromatic amines is 1. The number of benzene rings is 1. The van der Waals surface area contributed by atoms with Gasteiger partial charge in [-0.25, -0.2) is 13.4 Å². The average Bonchev–Trinajstić information content (AvgIpc) is 2.65. The van der Waals surface area contributed by atoms with E-state index in [1.54, 1.807) is 18.2 Å². The molecule has 0 spiro atoms. The van der Waals surface area contributed by atoms with Gasteiger partial charge < -0.3 is 0 Å². The number of hydrogen-bond acceptors (Lipinski definition) is 4. The van der Waals surface area contributed by atoms with E-state index in [1.807, 2.05) is 6.07 Å². The lowest BCUT2D eigenvalue weighted by Crippen LogP contribution is -1.94. The van der Waals surface area contributed by atoms with Gasteiger partial charge in [0.2, 0.25) is 0 Å². The van der Waals surface area contributed by atoms with Crippen molar-refractivity contribution < 1.29 is 8.42 Å². The second-order valence-electron chi connectivity index (χ2n) is 3.31. The molecule has 0 amide bonds. The topological polar surface area (TPSA) is 75.7 Å². The first-order valence-electron chi connectivity index (χ1n) is 4.55. The van der Waals surface area contributed by atoms with Crippen LogP contribution in [0.2, 0.25) is 5.02 Å². The van der Waals surface area contributed by atoms with Crippen molar-refractivity contribution in [1.82, 2.24) is 15.2 Å². The van der Waals surface area contributed by atoms with Crippen molar-refractivity contribution in [3.8, 4) is 0 Å². The molecule has 0 saturated carbocycles. The van der Waals surface area contributed by atoms with Gasteiger partial charge >= 0.3 is 0 Å². The van der Waals surface area contributed by atoms with Crippen LogP contribution >= 0.6 is 22.3 Å². The van der Waals surface area contributed by atoms with E-state index < -0.39 is 14.2 Å². The van der Waals surface area contributed by atoms with Crippen molar-refractivity contribution in [1.29, 1.82) is 0 Å². The Morgan fingerprint density at radius 3 is 2.71 bits per heavy atom. The second-order valence-corrected chi connectivity index (χ2v) is 6.21. The summed E-state index contributed by atoms with van der Waals surface area (Å²) in [5.41, 5.74) is 0.896. The van der Waals surface area contributed by atoms with Crippen molar-refractivity contribution in [2.75, 3.05) is 0 Å². The first-order valence-corrected chi connectivity index (χ1v) is 7.24. The highest BCUT2D eigenvalue weighted by Gasteiger charge is 2.16. The van der Waals surface area contributed by atoms with E-state index in [0.29, 0.717) is 17.3 Å². The predicted octanol–water partition coefficient (Wildman–Crippen LogP) is 1.98. The van der Waals surface area contributed by atoms with Gasteiger partial charge in [0.25, 0.3) is 14.2 Å². The minimum atomic E-state index is -3.89. The van der Waals surface area contributed by atoms with Crippen molar-refractivity contribution in [2.45, 2.75) is 11.6 Å². The third-order valence-corrected chi connectivity index (χ3v) is 3.26. The summed E-state index contributed by atoms with van der Waals surface area (Å²) in [6, 6.07) is 7.16. The number of halogens is 2. The summed E-state index contributed by atoms with van der Waals surface area (Å²) in [4.78, 5) is 3.78. The molecule has 0 unspecified atom stereocenters. The second kappa shape index (κ2) is 4.64. The fourth-order valence-corrected chi connectivity index (χ4v) is 2.10. The van der Waals surface area contributed by atoms with Crippen LogP contribution in [-0.2, 0) is 15.5 Å². The molecule has 90 valence electrons. The smallest absolute Gasteiger partial charge is 0.262 e. The zero-order chi connectivity index (χ0) is 12.5. The number of nitrogens with zero attached hydrogens (tertiary/aromatic N) is 2. The summed E-state index contributed by atoms with van der Waals surface area (Å²) in [5, 5.41) is 6.21. The van der Waals surface area contributed by atoms with Gasteiger partial charge in [-0.3, -0.25) is 5.10 Å². The Hall–Kier alpha value is -1.11. The molecule has 0 aliphatic carbocycles. The van der Waals surface area contributed by atoms with E-state index in [-0.39, 0.29) is 0 Å². The van der Waals surface area contributed by atoms with Crippen LogP contribution in [-0.4, -0.2) is 23.6 Å². The van der Waals surface area contributed by atoms with Crippen molar-refractivity contribution >= 4 is 31.3 Å². The molecule has 0 fully saturated rings. The van der Waals surface area contributed by atoms with Gasteiger partial charge in [-0.1, -0.05) is 23.7 Å². The van der Waals surface area contributed by atoms with E-state index in [9.17, 15) is 8.42 Å². The molecule has 0 radical (unpaired) electrons. The van der Waals surface area contributed by atoms with Gasteiger partial charge in [0.1, 0.15) is 5.82 Å². The normalized spacial score (nSPS) is 11.6. The summed E-state index contributed by atoms with van der Waals surface area (Å²) < 4.78 is 21.9. The highest BCUT2D eigenvalue weighted by Crippen LogP contribution is 2.14.